The summed E-state index contributed by atoms with van der Waals surface area (Å²) in [6.07, 6.45) is 0. The van der Waals surface area contributed by atoms with E-state index in [0.717, 1.165) is 6.54 Å². The third kappa shape index (κ3) is 1.25. The van der Waals surface area contributed by atoms with E-state index in [0.29, 0.717) is 5.92 Å². The summed E-state index contributed by atoms with van der Waals surface area (Å²) in [5, 5.41) is 0. The van der Waals surface area contributed by atoms with Crippen LogP contribution in [0.25, 0.3) is 0 Å². The average Bonchev–Trinajstić information content (AvgIpc) is 2.49. The molecule has 12 heavy (non-hydrogen) atoms. The fraction of sp³-hybridized carbons (Fsp3) is 0.400. The second kappa shape index (κ2) is 3.11. The highest BCUT2D eigenvalue weighted by Gasteiger charge is 2.15. The summed E-state index contributed by atoms with van der Waals surface area (Å²) >= 11 is 1.75. The summed E-state index contributed by atoms with van der Waals surface area (Å²) < 4.78 is 3.30. The molecule has 2 heteroatoms. The summed E-state index contributed by atoms with van der Waals surface area (Å²) in [5.74, 6) is 0.639. The van der Waals surface area contributed by atoms with E-state index in [1.807, 2.05) is 0 Å². The number of benzene rings is 1. The van der Waals surface area contributed by atoms with Crippen molar-refractivity contribution in [2.24, 2.45) is 0 Å². The standard InChI is InChI=1S/C10H13NS/c1-7(2)8-4-3-5-10-9(8)6-11-12-10/h3-5,7,11H,6H2,1-2H3. The largest absolute Gasteiger partial charge is 0.255 e. The van der Waals surface area contributed by atoms with Gasteiger partial charge in [-0.15, -0.1) is 0 Å². The number of hydrogen-bond donors (Lipinski definition) is 1. The van der Waals surface area contributed by atoms with Crippen LogP contribution in [0.1, 0.15) is 30.9 Å². The molecule has 0 amide bonds. The topological polar surface area (TPSA) is 12.0 Å². The summed E-state index contributed by atoms with van der Waals surface area (Å²) in [6, 6.07) is 6.57. The third-order valence-corrected chi connectivity index (χ3v) is 3.11. The van der Waals surface area contributed by atoms with Crippen LogP contribution in [0, 0.1) is 0 Å². The van der Waals surface area contributed by atoms with Crippen LogP contribution in [0.15, 0.2) is 23.1 Å². The van der Waals surface area contributed by atoms with Gasteiger partial charge in [-0.25, -0.2) is 0 Å². The molecule has 1 nitrogen and oxygen atoms in total. The van der Waals surface area contributed by atoms with Crippen LogP contribution in [-0.2, 0) is 6.54 Å². The first-order valence-corrected chi connectivity index (χ1v) is 5.12. The molecule has 0 bridgehead atoms. The Kier molecular flexibility index (Phi) is 2.11. The van der Waals surface area contributed by atoms with Crippen molar-refractivity contribution in [2.75, 3.05) is 0 Å². The predicted octanol–water partition coefficient (Wildman–Crippen LogP) is 2.92. The molecule has 0 saturated carbocycles. The second-order valence-electron chi connectivity index (χ2n) is 3.40. The molecule has 0 fully saturated rings. The van der Waals surface area contributed by atoms with Crippen molar-refractivity contribution in [2.45, 2.75) is 31.2 Å². The van der Waals surface area contributed by atoms with Gasteiger partial charge in [0.15, 0.2) is 0 Å². The van der Waals surface area contributed by atoms with E-state index in [2.05, 4.69) is 36.8 Å². The van der Waals surface area contributed by atoms with E-state index < -0.39 is 0 Å². The first-order valence-electron chi connectivity index (χ1n) is 4.30. The Morgan fingerprint density at radius 3 is 3.00 bits per heavy atom. The maximum atomic E-state index is 3.30. The number of nitrogens with one attached hydrogen (secondary N) is 1. The molecule has 1 aromatic carbocycles. The molecular weight excluding hydrogens is 166 g/mol. The van der Waals surface area contributed by atoms with E-state index in [4.69, 9.17) is 0 Å². The summed E-state index contributed by atoms with van der Waals surface area (Å²) in [5.41, 5.74) is 2.99. The monoisotopic (exact) mass is 179 g/mol. The molecular formula is C10H13NS. The summed E-state index contributed by atoms with van der Waals surface area (Å²) in [6.45, 7) is 5.52. The third-order valence-electron chi connectivity index (χ3n) is 2.22. The summed E-state index contributed by atoms with van der Waals surface area (Å²) in [4.78, 5) is 1.40. The van der Waals surface area contributed by atoms with Gasteiger partial charge in [0.25, 0.3) is 0 Å². The fourth-order valence-corrected chi connectivity index (χ4v) is 2.43. The SMILES string of the molecule is CC(C)c1cccc2c1CNS2. The van der Waals surface area contributed by atoms with Crippen LogP contribution in [0.5, 0.6) is 0 Å². The molecule has 0 atom stereocenters. The minimum absolute atomic E-state index is 0.639. The maximum Gasteiger partial charge on any atom is 0.0327 e. The zero-order valence-corrected chi connectivity index (χ0v) is 8.24. The van der Waals surface area contributed by atoms with Crippen molar-refractivity contribution in [1.82, 2.24) is 4.72 Å². The number of rotatable bonds is 1. The zero-order valence-electron chi connectivity index (χ0n) is 7.42. The highest BCUT2D eigenvalue weighted by molar-refractivity contribution is 7.97. The predicted molar refractivity (Wildman–Crippen MR) is 53.2 cm³/mol. The molecule has 64 valence electrons. The Balaban J connectivity index is 2.49. The molecule has 0 saturated heterocycles. The first-order chi connectivity index (χ1) is 5.79. The lowest BCUT2D eigenvalue weighted by Crippen LogP contribution is -1.98. The van der Waals surface area contributed by atoms with E-state index >= 15 is 0 Å². The van der Waals surface area contributed by atoms with Crippen LogP contribution in [0.2, 0.25) is 0 Å². The first kappa shape index (κ1) is 8.14. The lowest BCUT2D eigenvalue weighted by atomic mass is 9.97. The molecule has 1 N–H and O–H groups in total. The second-order valence-corrected chi connectivity index (χ2v) is 4.33. The quantitative estimate of drug-likeness (QED) is 0.665. The Bertz CT molecular complexity index is 294. The minimum Gasteiger partial charge on any atom is -0.255 e. The molecule has 0 radical (unpaired) electrons. The van der Waals surface area contributed by atoms with Crippen LogP contribution in [0.4, 0.5) is 0 Å². The van der Waals surface area contributed by atoms with Crippen LogP contribution < -0.4 is 4.72 Å². The zero-order chi connectivity index (χ0) is 8.55. The Hall–Kier alpha value is -0.470. The van der Waals surface area contributed by atoms with Gasteiger partial charge in [-0.3, -0.25) is 4.72 Å². The van der Waals surface area contributed by atoms with E-state index in [-0.39, 0.29) is 0 Å². The van der Waals surface area contributed by atoms with Gasteiger partial charge in [0.05, 0.1) is 0 Å². The van der Waals surface area contributed by atoms with E-state index in [1.165, 1.54) is 16.0 Å². The van der Waals surface area contributed by atoms with Crippen molar-refractivity contribution in [3.63, 3.8) is 0 Å². The molecule has 1 heterocycles. The maximum absolute atomic E-state index is 3.30. The van der Waals surface area contributed by atoms with Gasteiger partial charge >= 0.3 is 0 Å². The molecule has 1 aliphatic heterocycles. The van der Waals surface area contributed by atoms with Crippen LogP contribution in [-0.4, -0.2) is 0 Å². The molecule has 0 spiro atoms. The fourth-order valence-electron chi connectivity index (χ4n) is 1.59. The van der Waals surface area contributed by atoms with Crippen molar-refractivity contribution < 1.29 is 0 Å². The number of fused-ring (bicyclic) bond motifs is 1. The van der Waals surface area contributed by atoms with Gasteiger partial charge in [0, 0.05) is 11.4 Å². The summed E-state index contributed by atoms with van der Waals surface area (Å²) in [7, 11) is 0. The smallest absolute Gasteiger partial charge is 0.0327 e. The Morgan fingerprint density at radius 1 is 1.42 bits per heavy atom. The van der Waals surface area contributed by atoms with Crippen LogP contribution in [0.3, 0.4) is 0 Å². The van der Waals surface area contributed by atoms with Gasteiger partial charge in [-0.05, 0) is 35.1 Å². The lowest BCUT2D eigenvalue weighted by molar-refractivity contribution is 0.827. The van der Waals surface area contributed by atoms with Crippen molar-refractivity contribution in [3.8, 4) is 0 Å². The highest BCUT2D eigenvalue weighted by Crippen LogP contribution is 2.32. The number of hydrogen-bond acceptors (Lipinski definition) is 2. The Morgan fingerprint density at radius 2 is 2.25 bits per heavy atom. The van der Waals surface area contributed by atoms with Gasteiger partial charge < -0.3 is 0 Å². The van der Waals surface area contributed by atoms with Crippen molar-refractivity contribution in [3.05, 3.63) is 29.3 Å². The van der Waals surface area contributed by atoms with Gasteiger partial charge in [0.2, 0.25) is 0 Å². The highest BCUT2D eigenvalue weighted by atomic mass is 32.2. The van der Waals surface area contributed by atoms with Gasteiger partial charge in [-0.2, -0.15) is 0 Å². The molecule has 1 aromatic rings. The van der Waals surface area contributed by atoms with E-state index in [9.17, 15) is 0 Å². The molecule has 2 rings (SSSR count). The molecule has 1 aliphatic rings. The molecule has 0 aliphatic carbocycles. The normalized spacial score (nSPS) is 15.2. The average molecular weight is 179 g/mol. The minimum atomic E-state index is 0.639. The lowest BCUT2D eigenvalue weighted by Gasteiger charge is -2.09. The van der Waals surface area contributed by atoms with E-state index in [1.54, 1.807) is 11.9 Å². The van der Waals surface area contributed by atoms with Crippen molar-refractivity contribution in [1.29, 1.82) is 0 Å². The van der Waals surface area contributed by atoms with Gasteiger partial charge in [0.1, 0.15) is 0 Å². The van der Waals surface area contributed by atoms with Gasteiger partial charge in [-0.1, -0.05) is 26.0 Å². The molecule has 0 aromatic heterocycles. The van der Waals surface area contributed by atoms with Crippen LogP contribution >= 0.6 is 11.9 Å². The molecule has 0 unspecified atom stereocenters. The van der Waals surface area contributed by atoms with Crippen molar-refractivity contribution >= 4 is 11.9 Å². The Labute approximate surface area is 77.7 Å².